The third-order valence-electron chi connectivity index (χ3n) is 9.18. The van der Waals surface area contributed by atoms with Crippen LogP contribution in [0.4, 0.5) is 0 Å². The average Bonchev–Trinajstić information content (AvgIpc) is 3.79. The van der Waals surface area contributed by atoms with Crippen LogP contribution >= 0.6 is 0 Å². The molecule has 0 aliphatic heterocycles. The van der Waals surface area contributed by atoms with E-state index < -0.39 is 5.41 Å². The summed E-state index contributed by atoms with van der Waals surface area (Å²) in [5, 5.41) is 11.1. The van der Waals surface area contributed by atoms with Crippen molar-refractivity contribution in [1.29, 1.82) is 0 Å². The molecule has 0 bridgehead atoms. The lowest BCUT2D eigenvalue weighted by Gasteiger charge is -2.24. The Morgan fingerprint density at radius 1 is 0.347 bits per heavy atom. The molecule has 0 atom stereocenters. The first-order valence-corrected chi connectivity index (χ1v) is 16.7. The van der Waals surface area contributed by atoms with Crippen LogP contribution in [0.1, 0.15) is 25.2 Å². The summed E-state index contributed by atoms with van der Waals surface area (Å²) in [6.45, 7) is 4.54. The molecule has 0 saturated heterocycles. The minimum Gasteiger partial charge on any atom is -0.232 e. The third-order valence-corrected chi connectivity index (χ3v) is 9.18. The molecule has 8 aromatic rings. The predicted octanol–water partition coefficient (Wildman–Crippen LogP) is 11.1. The lowest BCUT2D eigenvalue weighted by molar-refractivity contribution is 0.579. The van der Waals surface area contributed by atoms with Crippen LogP contribution in [-0.2, 0) is 5.41 Å². The Balaban J connectivity index is 1.49. The quantitative estimate of drug-likeness (QED) is 0.167. The number of rotatable bonds is 8. The molecule has 236 valence electrons. The van der Waals surface area contributed by atoms with E-state index in [9.17, 15) is 0 Å². The van der Waals surface area contributed by atoms with Gasteiger partial charge in [-0.1, -0.05) is 158 Å². The van der Waals surface area contributed by atoms with Crippen LogP contribution in [-0.4, -0.2) is 19.6 Å². The summed E-state index contributed by atoms with van der Waals surface area (Å²) in [4.78, 5) is 0. The topological polar surface area (TPSA) is 35.6 Å². The van der Waals surface area contributed by atoms with Crippen molar-refractivity contribution in [3.63, 3.8) is 0 Å². The minimum absolute atomic E-state index is 0.649. The molecule has 4 nitrogen and oxygen atoms in total. The highest BCUT2D eigenvalue weighted by molar-refractivity contribution is 5.88. The molecule has 2 aromatic heterocycles. The summed E-state index contributed by atoms with van der Waals surface area (Å²) in [5.74, 6) is 0. The standard InChI is InChI=1S/C45H36N4/c1-45(2,43-39(33-21-9-3-10-22-33)41(35-25-13-5-14-26-35)48(46-43)37-29-17-7-18-30-37)44-40(34-23-11-4-12-24-34)42(36-27-15-6-16-28-36)49(47-44)38-31-19-8-20-32-38/h3-32H,1-2H3. The van der Waals surface area contributed by atoms with E-state index in [2.05, 4.69) is 193 Å². The fraction of sp³-hybridized carbons (Fsp3) is 0.0667. The first-order chi connectivity index (χ1) is 24.1. The molecular formula is C45H36N4. The maximum atomic E-state index is 5.57. The van der Waals surface area contributed by atoms with E-state index in [4.69, 9.17) is 10.2 Å². The summed E-state index contributed by atoms with van der Waals surface area (Å²) >= 11 is 0. The molecule has 0 aliphatic rings. The molecule has 0 N–H and O–H groups in total. The normalized spacial score (nSPS) is 11.5. The van der Waals surface area contributed by atoms with Crippen molar-refractivity contribution in [2.75, 3.05) is 0 Å². The van der Waals surface area contributed by atoms with Crippen LogP contribution in [0.25, 0.3) is 56.1 Å². The van der Waals surface area contributed by atoms with Crippen LogP contribution in [0, 0.1) is 0 Å². The molecule has 0 amide bonds. The second-order valence-corrected chi connectivity index (χ2v) is 12.7. The highest BCUT2D eigenvalue weighted by atomic mass is 15.3. The monoisotopic (exact) mass is 632 g/mol. The molecule has 0 spiro atoms. The van der Waals surface area contributed by atoms with Gasteiger partial charge in [0.15, 0.2) is 0 Å². The highest BCUT2D eigenvalue weighted by Crippen LogP contribution is 2.48. The largest absolute Gasteiger partial charge is 0.232 e. The Morgan fingerprint density at radius 2 is 0.612 bits per heavy atom. The molecule has 0 radical (unpaired) electrons. The van der Waals surface area contributed by atoms with Gasteiger partial charge in [0.1, 0.15) is 0 Å². The van der Waals surface area contributed by atoms with Gasteiger partial charge in [-0.05, 0) is 49.2 Å². The number of hydrogen-bond donors (Lipinski definition) is 0. The van der Waals surface area contributed by atoms with Crippen molar-refractivity contribution < 1.29 is 0 Å². The predicted molar refractivity (Wildman–Crippen MR) is 201 cm³/mol. The van der Waals surface area contributed by atoms with E-state index in [1.165, 1.54) is 0 Å². The minimum atomic E-state index is -0.649. The van der Waals surface area contributed by atoms with E-state index in [1.54, 1.807) is 0 Å². The Bertz CT molecular complexity index is 2140. The van der Waals surface area contributed by atoms with E-state index in [1.807, 2.05) is 12.1 Å². The number of hydrogen-bond acceptors (Lipinski definition) is 2. The fourth-order valence-electron chi connectivity index (χ4n) is 6.82. The van der Waals surface area contributed by atoms with E-state index in [0.29, 0.717) is 0 Å². The number of aromatic nitrogens is 4. The first kappa shape index (κ1) is 30.1. The van der Waals surface area contributed by atoms with Gasteiger partial charge in [0, 0.05) is 22.3 Å². The number of benzene rings is 6. The summed E-state index contributed by atoms with van der Waals surface area (Å²) < 4.78 is 4.23. The molecule has 49 heavy (non-hydrogen) atoms. The van der Waals surface area contributed by atoms with Gasteiger partial charge in [0.25, 0.3) is 0 Å². The Morgan fingerprint density at radius 3 is 0.918 bits per heavy atom. The third kappa shape index (κ3) is 5.47. The maximum Gasteiger partial charge on any atom is 0.0830 e. The molecule has 8 rings (SSSR count). The molecule has 0 unspecified atom stereocenters. The number of nitrogens with zero attached hydrogens (tertiary/aromatic N) is 4. The Labute approximate surface area is 287 Å². The molecule has 0 saturated carbocycles. The smallest absolute Gasteiger partial charge is 0.0830 e. The first-order valence-electron chi connectivity index (χ1n) is 16.7. The van der Waals surface area contributed by atoms with Crippen molar-refractivity contribution in [1.82, 2.24) is 19.6 Å². The molecule has 4 heteroatoms. The van der Waals surface area contributed by atoms with Crippen molar-refractivity contribution in [3.05, 3.63) is 193 Å². The van der Waals surface area contributed by atoms with Gasteiger partial charge in [-0.3, -0.25) is 0 Å². The van der Waals surface area contributed by atoms with Crippen molar-refractivity contribution in [2.45, 2.75) is 19.3 Å². The van der Waals surface area contributed by atoms with Gasteiger partial charge in [-0.2, -0.15) is 10.2 Å². The van der Waals surface area contributed by atoms with E-state index >= 15 is 0 Å². The zero-order valence-electron chi connectivity index (χ0n) is 27.6. The van der Waals surface area contributed by atoms with Gasteiger partial charge >= 0.3 is 0 Å². The SMILES string of the molecule is CC(C)(c1nn(-c2ccccc2)c(-c2ccccc2)c1-c1ccccc1)c1nn(-c2ccccc2)c(-c2ccccc2)c1-c1ccccc1. The maximum absolute atomic E-state index is 5.57. The zero-order chi connectivity index (χ0) is 33.2. The summed E-state index contributed by atoms with van der Waals surface area (Å²) in [6, 6.07) is 63.4. The lowest BCUT2D eigenvalue weighted by atomic mass is 9.78. The molecule has 2 heterocycles. The van der Waals surface area contributed by atoms with Crippen LogP contribution in [0.15, 0.2) is 182 Å². The highest BCUT2D eigenvalue weighted by Gasteiger charge is 2.39. The van der Waals surface area contributed by atoms with Gasteiger partial charge in [0.2, 0.25) is 0 Å². The van der Waals surface area contributed by atoms with Gasteiger partial charge in [-0.15, -0.1) is 0 Å². The van der Waals surface area contributed by atoms with Crippen molar-refractivity contribution >= 4 is 0 Å². The van der Waals surface area contributed by atoms with Crippen LogP contribution in [0.3, 0.4) is 0 Å². The van der Waals surface area contributed by atoms with E-state index in [-0.39, 0.29) is 0 Å². The van der Waals surface area contributed by atoms with Crippen molar-refractivity contribution in [3.8, 4) is 56.1 Å². The average molecular weight is 633 g/mol. The number of para-hydroxylation sites is 2. The van der Waals surface area contributed by atoms with Gasteiger partial charge in [0.05, 0.1) is 39.6 Å². The fourth-order valence-corrected chi connectivity index (χ4v) is 6.82. The summed E-state index contributed by atoms with van der Waals surface area (Å²) in [7, 11) is 0. The lowest BCUT2D eigenvalue weighted by Crippen LogP contribution is -2.23. The van der Waals surface area contributed by atoms with Gasteiger partial charge < -0.3 is 0 Å². The van der Waals surface area contributed by atoms with Gasteiger partial charge in [-0.25, -0.2) is 9.36 Å². The Kier molecular flexibility index (Phi) is 7.83. The van der Waals surface area contributed by atoms with Crippen molar-refractivity contribution in [2.24, 2.45) is 0 Å². The summed E-state index contributed by atoms with van der Waals surface area (Å²) in [5.41, 5.74) is 12.0. The van der Waals surface area contributed by atoms with E-state index in [0.717, 1.165) is 67.5 Å². The summed E-state index contributed by atoms with van der Waals surface area (Å²) in [6.07, 6.45) is 0. The molecular weight excluding hydrogens is 597 g/mol. The molecule has 0 aliphatic carbocycles. The van der Waals surface area contributed by atoms with Crippen LogP contribution in [0.5, 0.6) is 0 Å². The van der Waals surface area contributed by atoms with Crippen LogP contribution < -0.4 is 0 Å². The molecule has 0 fully saturated rings. The van der Waals surface area contributed by atoms with Crippen LogP contribution in [0.2, 0.25) is 0 Å². The second-order valence-electron chi connectivity index (χ2n) is 12.7. The zero-order valence-corrected chi connectivity index (χ0v) is 27.6. The molecule has 6 aromatic carbocycles. The Hall–Kier alpha value is -6.26. The second kappa shape index (κ2) is 12.7.